The highest BCUT2D eigenvalue weighted by Crippen LogP contribution is 2.36. The molecule has 1 fully saturated rings. The van der Waals surface area contributed by atoms with Gasteiger partial charge in [0.05, 0.1) is 17.7 Å². The first-order chi connectivity index (χ1) is 9.13. The minimum absolute atomic E-state index is 0.243. The number of hydrogen-bond acceptors (Lipinski definition) is 2. The quantitative estimate of drug-likeness (QED) is 0.595. The number of ether oxygens (including phenoxy) is 1. The van der Waals surface area contributed by atoms with Gasteiger partial charge in [-0.15, -0.1) is 0 Å². The van der Waals surface area contributed by atoms with Gasteiger partial charge in [-0.25, -0.2) is 9.18 Å². The second kappa shape index (κ2) is 6.37. The van der Waals surface area contributed by atoms with Crippen LogP contribution in [0.3, 0.4) is 0 Å². The number of hydrogen-bond donors (Lipinski definition) is 0. The van der Waals surface area contributed by atoms with Crippen LogP contribution in [0.2, 0.25) is 0 Å². The smallest absolute Gasteiger partial charge is 0.415 e. The van der Waals surface area contributed by atoms with Gasteiger partial charge in [-0.1, -0.05) is 40.9 Å². The maximum Gasteiger partial charge on any atom is 0.415 e. The van der Waals surface area contributed by atoms with Gasteiger partial charge in [0.2, 0.25) is 0 Å². The number of methoxy groups -OCH3 is 1. The molecule has 3 nitrogen and oxygen atoms in total. The largest absolute Gasteiger partial charge is 0.452 e. The van der Waals surface area contributed by atoms with E-state index in [-0.39, 0.29) is 10.6 Å². The predicted molar refractivity (Wildman–Crippen MR) is 76.0 cm³/mol. The van der Waals surface area contributed by atoms with Gasteiger partial charge in [-0.3, -0.25) is 4.90 Å². The summed E-state index contributed by atoms with van der Waals surface area (Å²) in [5.41, 5.74) is 0.243. The number of carbonyl (C=O) groups is 1. The van der Waals surface area contributed by atoms with Crippen molar-refractivity contribution in [1.82, 2.24) is 0 Å². The van der Waals surface area contributed by atoms with Crippen LogP contribution in [0.5, 0.6) is 0 Å². The van der Waals surface area contributed by atoms with E-state index in [0.717, 1.165) is 18.8 Å². The highest BCUT2D eigenvalue weighted by atomic mass is 79.9. The van der Waals surface area contributed by atoms with Gasteiger partial charge >= 0.3 is 6.09 Å². The molecule has 0 radical (unpaired) electrons. The standard InChI is InChI=1S/C14H17BrFNO2/c1-19-14(18)17(12-5-3-2-4-11(12)16)13(15)9-8-10-6-7-10/h2-5,10,13H,6-9H2,1H3. The number of rotatable bonds is 5. The summed E-state index contributed by atoms with van der Waals surface area (Å²) >= 11 is 3.47. The molecule has 104 valence electrons. The molecule has 1 aliphatic carbocycles. The first-order valence-electron chi connectivity index (χ1n) is 6.39. The first-order valence-corrected chi connectivity index (χ1v) is 7.31. The van der Waals surface area contributed by atoms with Crippen molar-refractivity contribution in [3.63, 3.8) is 0 Å². The number of carbonyl (C=O) groups excluding carboxylic acids is 1. The van der Waals surface area contributed by atoms with Crippen molar-refractivity contribution in [2.45, 2.75) is 30.6 Å². The lowest BCUT2D eigenvalue weighted by Crippen LogP contribution is -2.37. The summed E-state index contributed by atoms with van der Waals surface area (Å²) in [7, 11) is 1.30. The lowest BCUT2D eigenvalue weighted by Gasteiger charge is -2.27. The van der Waals surface area contributed by atoms with E-state index in [0.29, 0.717) is 0 Å². The summed E-state index contributed by atoms with van der Waals surface area (Å²) in [5, 5.41) is 0. The van der Waals surface area contributed by atoms with Crippen molar-refractivity contribution < 1.29 is 13.9 Å². The Labute approximate surface area is 120 Å². The fourth-order valence-electron chi connectivity index (χ4n) is 2.02. The van der Waals surface area contributed by atoms with Crippen molar-refractivity contribution in [3.05, 3.63) is 30.1 Å². The Morgan fingerprint density at radius 3 is 2.79 bits per heavy atom. The summed E-state index contributed by atoms with van der Waals surface area (Å²) in [6.07, 6.45) is 3.80. The van der Waals surface area contributed by atoms with Gasteiger partial charge in [0, 0.05) is 0 Å². The molecule has 1 aliphatic rings. The van der Waals surface area contributed by atoms with Crippen LogP contribution in [0.4, 0.5) is 14.9 Å². The van der Waals surface area contributed by atoms with E-state index in [2.05, 4.69) is 15.9 Å². The van der Waals surface area contributed by atoms with Crippen LogP contribution in [0.25, 0.3) is 0 Å². The van der Waals surface area contributed by atoms with E-state index in [1.807, 2.05) is 0 Å². The number of amides is 1. The Bertz CT molecular complexity index is 451. The van der Waals surface area contributed by atoms with E-state index < -0.39 is 11.9 Å². The Kier molecular flexibility index (Phi) is 4.80. The normalized spacial score (nSPS) is 15.9. The lowest BCUT2D eigenvalue weighted by atomic mass is 10.2. The molecule has 1 amide bonds. The van der Waals surface area contributed by atoms with Crippen molar-refractivity contribution in [2.75, 3.05) is 12.0 Å². The van der Waals surface area contributed by atoms with E-state index >= 15 is 0 Å². The Balaban J connectivity index is 2.14. The highest BCUT2D eigenvalue weighted by Gasteiger charge is 2.29. The first kappa shape index (κ1) is 14.3. The Morgan fingerprint density at radius 1 is 1.53 bits per heavy atom. The van der Waals surface area contributed by atoms with Crippen molar-refractivity contribution in [2.24, 2.45) is 5.92 Å². The fraction of sp³-hybridized carbons (Fsp3) is 0.500. The molecule has 19 heavy (non-hydrogen) atoms. The monoisotopic (exact) mass is 329 g/mol. The molecule has 0 bridgehead atoms. The summed E-state index contributed by atoms with van der Waals surface area (Å²) in [6, 6.07) is 6.22. The molecular formula is C14H17BrFNO2. The summed E-state index contributed by atoms with van der Waals surface area (Å²) < 4.78 is 18.6. The highest BCUT2D eigenvalue weighted by molar-refractivity contribution is 9.09. The zero-order valence-electron chi connectivity index (χ0n) is 10.8. The average Bonchev–Trinajstić information content (AvgIpc) is 3.22. The number of alkyl halides is 1. The molecule has 0 spiro atoms. The fourth-order valence-corrected chi connectivity index (χ4v) is 2.67. The summed E-state index contributed by atoms with van der Waals surface area (Å²) in [4.78, 5) is 13.0. The van der Waals surface area contributed by atoms with E-state index in [9.17, 15) is 9.18 Å². The van der Waals surface area contributed by atoms with Crippen LogP contribution in [0, 0.1) is 11.7 Å². The average molecular weight is 330 g/mol. The van der Waals surface area contributed by atoms with Gasteiger partial charge in [0.1, 0.15) is 5.82 Å². The third kappa shape index (κ3) is 3.69. The zero-order valence-corrected chi connectivity index (χ0v) is 12.4. The number of nitrogens with zero attached hydrogens (tertiary/aromatic N) is 1. The number of benzene rings is 1. The van der Waals surface area contributed by atoms with Crippen molar-refractivity contribution >= 4 is 27.7 Å². The Hall–Kier alpha value is -1.10. The van der Waals surface area contributed by atoms with Gasteiger partial charge < -0.3 is 4.74 Å². The molecule has 0 saturated heterocycles. The molecule has 0 N–H and O–H groups in total. The molecule has 1 aromatic carbocycles. The van der Waals surface area contributed by atoms with Crippen LogP contribution < -0.4 is 4.90 Å². The summed E-state index contributed by atoms with van der Waals surface area (Å²) in [6.45, 7) is 0. The maximum absolute atomic E-state index is 13.8. The predicted octanol–water partition coefficient (Wildman–Crippen LogP) is 4.31. The number of anilines is 1. The third-order valence-electron chi connectivity index (χ3n) is 3.27. The maximum atomic E-state index is 13.8. The van der Waals surface area contributed by atoms with Gasteiger partial charge in [-0.05, 0) is 30.9 Å². The van der Waals surface area contributed by atoms with E-state index in [1.54, 1.807) is 18.2 Å². The Morgan fingerprint density at radius 2 is 2.21 bits per heavy atom. The lowest BCUT2D eigenvalue weighted by molar-refractivity contribution is 0.177. The minimum atomic E-state index is -0.553. The molecule has 1 unspecified atom stereocenters. The molecule has 1 aromatic rings. The minimum Gasteiger partial charge on any atom is -0.452 e. The second-order valence-corrected chi connectivity index (χ2v) is 5.80. The van der Waals surface area contributed by atoms with Crippen molar-refractivity contribution in [1.29, 1.82) is 0 Å². The van der Waals surface area contributed by atoms with Crippen LogP contribution >= 0.6 is 15.9 Å². The van der Waals surface area contributed by atoms with Crippen LogP contribution in [-0.2, 0) is 4.74 Å². The number of para-hydroxylation sites is 1. The van der Waals surface area contributed by atoms with Crippen LogP contribution in [0.15, 0.2) is 24.3 Å². The second-order valence-electron chi connectivity index (χ2n) is 4.75. The molecule has 0 aromatic heterocycles. The molecule has 1 saturated carbocycles. The molecule has 1 atom stereocenters. The van der Waals surface area contributed by atoms with E-state index in [1.165, 1.54) is 30.9 Å². The van der Waals surface area contributed by atoms with Crippen LogP contribution in [0.1, 0.15) is 25.7 Å². The number of halogens is 2. The topological polar surface area (TPSA) is 29.5 Å². The van der Waals surface area contributed by atoms with Gasteiger partial charge in [0.15, 0.2) is 0 Å². The molecule has 2 rings (SSSR count). The summed E-state index contributed by atoms with van der Waals surface area (Å²) in [5.74, 6) is 0.337. The van der Waals surface area contributed by atoms with Crippen LogP contribution in [-0.4, -0.2) is 18.2 Å². The molecule has 0 heterocycles. The van der Waals surface area contributed by atoms with E-state index in [4.69, 9.17) is 4.74 Å². The van der Waals surface area contributed by atoms with Crippen molar-refractivity contribution in [3.8, 4) is 0 Å². The molecular weight excluding hydrogens is 313 g/mol. The molecule has 5 heteroatoms. The zero-order chi connectivity index (χ0) is 13.8. The van der Waals surface area contributed by atoms with Gasteiger partial charge in [0.25, 0.3) is 0 Å². The third-order valence-corrected chi connectivity index (χ3v) is 4.14. The SMILES string of the molecule is COC(=O)N(c1ccccc1F)C(Br)CCC1CC1. The van der Waals surface area contributed by atoms with Gasteiger partial charge in [-0.2, -0.15) is 0 Å². The molecule has 0 aliphatic heterocycles.